The van der Waals surface area contributed by atoms with Crippen LogP contribution in [0.25, 0.3) is 10.9 Å². The molecule has 1 unspecified atom stereocenters. The second kappa shape index (κ2) is 7.65. The molecule has 7 heteroatoms. The van der Waals surface area contributed by atoms with Gasteiger partial charge >= 0.3 is 5.69 Å². The number of hydrogen-bond acceptors (Lipinski definition) is 4. The Labute approximate surface area is 145 Å². The highest BCUT2D eigenvalue weighted by Gasteiger charge is 2.24. The zero-order chi connectivity index (χ0) is 17.8. The van der Waals surface area contributed by atoms with Crippen molar-refractivity contribution in [2.75, 3.05) is 6.54 Å². The molecule has 1 aromatic heterocycles. The first kappa shape index (κ1) is 17.4. The number of amides is 1. The van der Waals surface area contributed by atoms with E-state index in [-0.39, 0.29) is 18.5 Å². The van der Waals surface area contributed by atoms with Crippen LogP contribution in [0.5, 0.6) is 0 Å². The van der Waals surface area contributed by atoms with Crippen LogP contribution in [0, 0.1) is 5.92 Å². The lowest BCUT2D eigenvalue weighted by Crippen LogP contribution is -2.49. The van der Waals surface area contributed by atoms with Crippen LogP contribution in [0.4, 0.5) is 0 Å². The average Bonchev–Trinajstić information content (AvgIpc) is 2.64. The third-order valence-corrected chi connectivity index (χ3v) is 5.01. The van der Waals surface area contributed by atoms with Gasteiger partial charge in [0, 0.05) is 12.6 Å². The number of rotatable bonds is 5. The molecule has 7 nitrogen and oxygen atoms in total. The van der Waals surface area contributed by atoms with E-state index >= 15 is 0 Å². The van der Waals surface area contributed by atoms with Gasteiger partial charge in [-0.05, 0) is 30.9 Å². The summed E-state index contributed by atoms with van der Waals surface area (Å²) in [5.41, 5.74) is 5.25. The molecule has 1 aliphatic carbocycles. The fourth-order valence-corrected chi connectivity index (χ4v) is 3.64. The molecule has 2 aromatic rings. The van der Waals surface area contributed by atoms with Crippen molar-refractivity contribution in [3.63, 3.8) is 0 Å². The van der Waals surface area contributed by atoms with Crippen LogP contribution >= 0.6 is 0 Å². The van der Waals surface area contributed by atoms with Gasteiger partial charge < -0.3 is 16.0 Å². The van der Waals surface area contributed by atoms with Crippen LogP contribution in [0.3, 0.4) is 0 Å². The lowest BCUT2D eigenvalue weighted by Gasteiger charge is -2.30. The molecule has 0 radical (unpaired) electrons. The Morgan fingerprint density at radius 1 is 1.24 bits per heavy atom. The van der Waals surface area contributed by atoms with Crippen LogP contribution < -0.4 is 22.3 Å². The van der Waals surface area contributed by atoms with Crippen LogP contribution in [0.1, 0.15) is 32.1 Å². The summed E-state index contributed by atoms with van der Waals surface area (Å²) in [5.74, 6) is 0.0122. The maximum Gasteiger partial charge on any atom is 0.329 e. The number of aromatic nitrogens is 2. The van der Waals surface area contributed by atoms with E-state index < -0.39 is 11.2 Å². The molecule has 1 aromatic carbocycles. The number of aromatic amines is 1. The quantitative estimate of drug-likeness (QED) is 0.742. The van der Waals surface area contributed by atoms with Crippen molar-refractivity contribution in [3.8, 4) is 0 Å². The molecule has 1 atom stereocenters. The van der Waals surface area contributed by atoms with Gasteiger partial charge in [0.05, 0.1) is 10.9 Å². The van der Waals surface area contributed by atoms with Gasteiger partial charge in [0.1, 0.15) is 6.54 Å². The SMILES string of the molecule is NCC(NC(=O)Cn1c(=O)[nH]c2ccccc2c1=O)C1CCCCC1. The van der Waals surface area contributed by atoms with Crippen molar-refractivity contribution >= 4 is 16.8 Å². The van der Waals surface area contributed by atoms with Crippen molar-refractivity contribution in [1.82, 2.24) is 14.9 Å². The molecular formula is C18H24N4O3. The predicted molar refractivity (Wildman–Crippen MR) is 96.4 cm³/mol. The molecule has 1 amide bonds. The van der Waals surface area contributed by atoms with Gasteiger partial charge in [0.25, 0.3) is 5.56 Å². The Kier molecular flexibility index (Phi) is 5.33. The minimum atomic E-state index is -0.583. The Bertz CT molecular complexity index is 864. The Hall–Kier alpha value is -2.41. The van der Waals surface area contributed by atoms with E-state index in [1.54, 1.807) is 24.3 Å². The van der Waals surface area contributed by atoms with Gasteiger partial charge in [-0.25, -0.2) is 4.79 Å². The number of benzene rings is 1. The first-order valence-corrected chi connectivity index (χ1v) is 8.81. The number of H-pyrrole nitrogens is 1. The smallest absolute Gasteiger partial charge is 0.329 e. The summed E-state index contributed by atoms with van der Waals surface area (Å²) in [6.45, 7) is 0.0571. The van der Waals surface area contributed by atoms with E-state index in [9.17, 15) is 14.4 Å². The standard InChI is InChI=1S/C18H24N4O3/c19-10-15(12-6-2-1-3-7-12)20-16(23)11-22-17(24)13-8-4-5-9-14(13)21-18(22)25/h4-5,8-9,12,15H,1-3,6-7,10-11,19H2,(H,20,23)(H,21,25). The predicted octanol–water partition coefficient (Wildman–Crippen LogP) is 0.714. The summed E-state index contributed by atoms with van der Waals surface area (Å²) in [6.07, 6.45) is 5.64. The number of carbonyl (C=O) groups excluding carboxylic acids is 1. The van der Waals surface area contributed by atoms with Crippen LogP contribution in [-0.4, -0.2) is 28.0 Å². The number of nitrogens with two attached hydrogens (primary N) is 1. The Morgan fingerprint density at radius 3 is 2.68 bits per heavy atom. The first-order valence-electron chi connectivity index (χ1n) is 8.81. The molecule has 1 heterocycles. The van der Waals surface area contributed by atoms with E-state index in [2.05, 4.69) is 10.3 Å². The fraction of sp³-hybridized carbons (Fsp3) is 0.500. The molecule has 1 aliphatic rings. The maximum atomic E-state index is 12.5. The lowest BCUT2D eigenvalue weighted by atomic mass is 9.84. The highest BCUT2D eigenvalue weighted by Crippen LogP contribution is 2.26. The second-order valence-electron chi connectivity index (χ2n) is 6.67. The Morgan fingerprint density at radius 2 is 1.96 bits per heavy atom. The molecule has 3 rings (SSSR count). The third kappa shape index (κ3) is 3.82. The van der Waals surface area contributed by atoms with Crippen molar-refractivity contribution in [2.24, 2.45) is 11.7 Å². The highest BCUT2D eigenvalue weighted by atomic mass is 16.2. The molecule has 0 bridgehead atoms. The van der Waals surface area contributed by atoms with E-state index in [4.69, 9.17) is 5.73 Å². The van der Waals surface area contributed by atoms with Crippen molar-refractivity contribution in [1.29, 1.82) is 0 Å². The minimum absolute atomic E-state index is 0.108. The highest BCUT2D eigenvalue weighted by molar-refractivity contribution is 5.79. The van der Waals surface area contributed by atoms with Gasteiger partial charge in [-0.15, -0.1) is 0 Å². The lowest BCUT2D eigenvalue weighted by molar-refractivity contribution is -0.122. The molecular weight excluding hydrogens is 320 g/mol. The normalized spacial score (nSPS) is 16.7. The zero-order valence-electron chi connectivity index (χ0n) is 14.2. The van der Waals surface area contributed by atoms with E-state index in [0.29, 0.717) is 23.4 Å². The van der Waals surface area contributed by atoms with Crippen LogP contribution in [0.2, 0.25) is 0 Å². The third-order valence-electron chi connectivity index (χ3n) is 5.01. The summed E-state index contributed by atoms with van der Waals surface area (Å²) in [7, 11) is 0. The molecule has 0 aliphatic heterocycles. The summed E-state index contributed by atoms with van der Waals surface area (Å²) in [6, 6.07) is 6.65. The molecule has 4 N–H and O–H groups in total. The number of nitrogens with one attached hydrogen (secondary N) is 2. The number of carbonyl (C=O) groups is 1. The van der Waals surface area contributed by atoms with E-state index in [1.165, 1.54) is 6.42 Å². The first-order chi connectivity index (χ1) is 12.1. The van der Waals surface area contributed by atoms with Gasteiger partial charge in [-0.3, -0.25) is 14.2 Å². The van der Waals surface area contributed by atoms with Crippen molar-refractivity contribution < 1.29 is 4.79 Å². The minimum Gasteiger partial charge on any atom is -0.350 e. The summed E-state index contributed by atoms with van der Waals surface area (Å²) >= 11 is 0. The van der Waals surface area contributed by atoms with Crippen LogP contribution in [-0.2, 0) is 11.3 Å². The second-order valence-corrected chi connectivity index (χ2v) is 6.67. The van der Waals surface area contributed by atoms with Crippen LogP contribution in [0.15, 0.2) is 33.9 Å². The van der Waals surface area contributed by atoms with Gasteiger partial charge in [0.2, 0.25) is 5.91 Å². The molecule has 25 heavy (non-hydrogen) atoms. The maximum absolute atomic E-state index is 12.5. The average molecular weight is 344 g/mol. The molecule has 0 saturated heterocycles. The monoisotopic (exact) mass is 344 g/mol. The zero-order valence-corrected chi connectivity index (χ0v) is 14.2. The van der Waals surface area contributed by atoms with E-state index in [0.717, 1.165) is 30.3 Å². The molecule has 1 saturated carbocycles. The van der Waals surface area contributed by atoms with Gasteiger partial charge in [-0.1, -0.05) is 31.4 Å². The summed E-state index contributed by atoms with van der Waals surface area (Å²) in [5, 5.41) is 3.30. The van der Waals surface area contributed by atoms with Gasteiger partial charge in [0.15, 0.2) is 0 Å². The molecule has 134 valence electrons. The fourth-order valence-electron chi connectivity index (χ4n) is 3.64. The molecule has 0 spiro atoms. The number of fused-ring (bicyclic) bond motifs is 1. The largest absolute Gasteiger partial charge is 0.350 e. The summed E-state index contributed by atoms with van der Waals surface area (Å²) < 4.78 is 0.937. The number of nitrogens with zero attached hydrogens (tertiary/aromatic N) is 1. The van der Waals surface area contributed by atoms with Crippen molar-refractivity contribution in [3.05, 3.63) is 45.1 Å². The van der Waals surface area contributed by atoms with E-state index in [1.807, 2.05) is 0 Å². The summed E-state index contributed by atoms with van der Waals surface area (Å²) in [4.78, 5) is 39.7. The molecule has 1 fully saturated rings. The number of para-hydroxylation sites is 1. The number of hydrogen-bond donors (Lipinski definition) is 3. The van der Waals surface area contributed by atoms with Gasteiger partial charge in [-0.2, -0.15) is 0 Å². The van der Waals surface area contributed by atoms with Crippen molar-refractivity contribution in [2.45, 2.75) is 44.7 Å². The topological polar surface area (TPSA) is 110 Å². The Balaban J connectivity index is 1.77.